The number of carbonyl (C=O) groups is 2. The Hall–Kier alpha value is -1.28. The van der Waals surface area contributed by atoms with Gasteiger partial charge in [0.1, 0.15) is 0 Å². The number of carboxylic acids is 1. The van der Waals surface area contributed by atoms with Crippen molar-refractivity contribution >= 4 is 35.1 Å². The van der Waals surface area contributed by atoms with Crippen LogP contribution in [0, 0.1) is 0 Å². The Morgan fingerprint density at radius 2 is 2.17 bits per heavy atom. The topological polar surface area (TPSA) is 91.3 Å². The van der Waals surface area contributed by atoms with Crippen LogP contribution in [0.2, 0.25) is 0 Å². The molecule has 3 N–H and O–H groups in total. The molecule has 8 heteroatoms. The zero-order chi connectivity index (χ0) is 13.4. The Labute approximate surface area is 113 Å². The van der Waals surface area contributed by atoms with Gasteiger partial charge in [-0.15, -0.1) is 11.3 Å². The van der Waals surface area contributed by atoms with Gasteiger partial charge in [-0.2, -0.15) is 11.8 Å². The van der Waals surface area contributed by atoms with E-state index >= 15 is 0 Å². The van der Waals surface area contributed by atoms with Crippen molar-refractivity contribution in [2.45, 2.75) is 6.42 Å². The molecular weight excluding hydrogens is 274 g/mol. The van der Waals surface area contributed by atoms with Crippen LogP contribution >= 0.6 is 23.1 Å². The molecule has 18 heavy (non-hydrogen) atoms. The highest BCUT2D eigenvalue weighted by molar-refractivity contribution is 7.98. The summed E-state index contributed by atoms with van der Waals surface area (Å²) in [6.45, 7) is 1.07. The lowest BCUT2D eigenvalue weighted by Gasteiger charge is -2.05. The van der Waals surface area contributed by atoms with Crippen LogP contribution < -0.4 is 10.6 Å². The summed E-state index contributed by atoms with van der Waals surface area (Å²) in [7, 11) is 0. The Balaban J connectivity index is 2.20. The molecule has 0 fully saturated rings. The summed E-state index contributed by atoms with van der Waals surface area (Å²) < 4.78 is 0. The average Bonchev–Trinajstić information content (AvgIpc) is 2.78. The number of thioether (sulfide) groups is 1. The maximum atomic E-state index is 11.3. The van der Waals surface area contributed by atoms with Gasteiger partial charge < -0.3 is 15.7 Å². The van der Waals surface area contributed by atoms with E-state index in [1.807, 2.05) is 6.26 Å². The van der Waals surface area contributed by atoms with E-state index in [1.54, 1.807) is 11.8 Å². The summed E-state index contributed by atoms with van der Waals surface area (Å²) in [4.78, 5) is 25.8. The minimum Gasteiger partial charge on any atom is -0.476 e. The van der Waals surface area contributed by atoms with Crippen LogP contribution in [0.3, 0.4) is 0 Å². The third-order valence-electron chi connectivity index (χ3n) is 1.99. The van der Waals surface area contributed by atoms with E-state index in [0.29, 0.717) is 24.5 Å². The lowest BCUT2D eigenvalue weighted by molar-refractivity contribution is 0.0691. The van der Waals surface area contributed by atoms with E-state index in [1.165, 1.54) is 16.7 Å². The quantitative estimate of drug-likeness (QED) is 0.653. The molecule has 0 atom stereocenters. The number of aromatic nitrogens is 1. The molecule has 0 aliphatic rings. The van der Waals surface area contributed by atoms with E-state index in [2.05, 4.69) is 15.6 Å². The summed E-state index contributed by atoms with van der Waals surface area (Å²) in [6, 6.07) is -0.209. The number of hydrogen-bond acceptors (Lipinski definition) is 5. The average molecular weight is 289 g/mol. The molecule has 0 aliphatic heterocycles. The number of rotatable bonds is 7. The van der Waals surface area contributed by atoms with Crippen molar-refractivity contribution in [3.05, 3.63) is 16.1 Å². The van der Waals surface area contributed by atoms with Gasteiger partial charge in [-0.25, -0.2) is 14.6 Å². The lowest BCUT2D eigenvalue weighted by Crippen LogP contribution is -2.37. The van der Waals surface area contributed by atoms with Gasteiger partial charge in [0.25, 0.3) is 0 Å². The van der Waals surface area contributed by atoms with Gasteiger partial charge in [-0.3, -0.25) is 0 Å². The van der Waals surface area contributed by atoms with E-state index in [9.17, 15) is 9.59 Å². The molecule has 0 aliphatic carbocycles. The molecule has 0 aromatic carbocycles. The summed E-state index contributed by atoms with van der Waals surface area (Å²) >= 11 is 2.95. The molecular formula is C10H15N3O3S2. The van der Waals surface area contributed by atoms with Crippen molar-refractivity contribution in [1.82, 2.24) is 15.6 Å². The summed E-state index contributed by atoms with van der Waals surface area (Å²) in [5.74, 6) is -0.151. The number of nitrogens with one attached hydrogen (secondary N) is 2. The first-order valence-corrected chi connectivity index (χ1v) is 7.59. The Bertz CT molecular complexity index is 409. The Morgan fingerprint density at radius 1 is 1.44 bits per heavy atom. The van der Waals surface area contributed by atoms with Crippen LogP contribution in [0.1, 0.15) is 15.5 Å². The third-order valence-corrected chi connectivity index (χ3v) is 3.51. The largest absolute Gasteiger partial charge is 0.476 e. The second kappa shape index (κ2) is 7.93. The van der Waals surface area contributed by atoms with Gasteiger partial charge in [0.05, 0.1) is 5.01 Å². The second-order valence-electron chi connectivity index (χ2n) is 3.36. The number of carbonyl (C=O) groups excluding carboxylic acids is 1. The van der Waals surface area contributed by atoms with Crippen LogP contribution in [0.4, 0.5) is 4.79 Å². The molecule has 1 aromatic heterocycles. The highest BCUT2D eigenvalue weighted by Crippen LogP contribution is 2.09. The first-order valence-electron chi connectivity index (χ1n) is 5.32. The van der Waals surface area contributed by atoms with Gasteiger partial charge in [-0.05, 0) is 6.26 Å². The van der Waals surface area contributed by atoms with Gasteiger partial charge in [0.15, 0.2) is 5.69 Å². The highest BCUT2D eigenvalue weighted by Gasteiger charge is 2.08. The van der Waals surface area contributed by atoms with Crippen LogP contribution in [0.5, 0.6) is 0 Å². The maximum absolute atomic E-state index is 11.3. The Morgan fingerprint density at radius 3 is 2.78 bits per heavy atom. The summed E-state index contributed by atoms with van der Waals surface area (Å²) in [6.07, 6.45) is 2.51. The molecule has 0 bridgehead atoms. The number of hydrogen-bond donors (Lipinski definition) is 3. The molecule has 1 heterocycles. The van der Waals surface area contributed by atoms with Gasteiger partial charge in [0, 0.05) is 30.6 Å². The van der Waals surface area contributed by atoms with E-state index in [0.717, 1.165) is 5.75 Å². The van der Waals surface area contributed by atoms with Crippen molar-refractivity contribution in [3.8, 4) is 0 Å². The van der Waals surface area contributed by atoms with Crippen LogP contribution in [-0.2, 0) is 6.42 Å². The molecule has 0 spiro atoms. The van der Waals surface area contributed by atoms with Crippen LogP contribution in [0.25, 0.3) is 0 Å². The molecule has 0 unspecified atom stereocenters. The van der Waals surface area contributed by atoms with E-state index in [-0.39, 0.29) is 11.7 Å². The smallest absolute Gasteiger partial charge is 0.355 e. The number of carboxylic acid groups (broad SMARTS) is 1. The molecule has 100 valence electrons. The molecule has 0 radical (unpaired) electrons. The second-order valence-corrected chi connectivity index (χ2v) is 5.29. The SMILES string of the molecule is CSCCNC(=O)NCCc1nc(C(=O)O)cs1. The Kier molecular flexibility index (Phi) is 6.51. The van der Waals surface area contributed by atoms with E-state index < -0.39 is 5.97 Å². The summed E-state index contributed by atoms with van der Waals surface area (Å²) in [5.41, 5.74) is 0.0550. The fourth-order valence-corrected chi connectivity index (χ4v) is 2.21. The first-order chi connectivity index (χ1) is 8.63. The van der Waals surface area contributed by atoms with Crippen molar-refractivity contribution < 1.29 is 14.7 Å². The molecule has 0 saturated heterocycles. The van der Waals surface area contributed by atoms with Crippen molar-refractivity contribution in [2.24, 2.45) is 0 Å². The normalized spacial score (nSPS) is 10.1. The minimum absolute atomic E-state index is 0.0550. The van der Waals surface area contributed by atoms with Crippen molar-refractivity contribution in [2.75, 3.05) is 25.1 Å². The minimum atomic E-state index is -1.03. The number of nitrogens with zero attached hydrogens (tertiary/aromatic N) is 1. The third kappa shape index (κ3) is 5.37. The zero-order valence-electron chi connectivity index (χ0n) is 9.93. The zero-order valence-corrected chi connectivity index (χ0v) is 11.6. The maximum Gasteiger partial charge on any atom is 0.355 e. The first kappa shape index (κ1) is 14.8. The van der Waals surface area contributed by atoms with Gasteiger partial charge in [-0.1, -0.05) is 0 Å². The standard InChI is InChI=1S/C10H15N3O3S2/c1-17-5-4-12-10(16)11-3-2-8-13-7(6-18-8)9(14)15/h6H,2-5H2,1H3,(H,14,15)(H2,11,12,16). The highest BCUT2D eigenvalue weighted by atomic mass is 32.2. The van der Waals surface area contributed by atoms with Gasteiger partial charge >= 0.3 is 12.0 Å². The van der Waals surface area contributed by atoms with Crippen molar-refractivity contribution in [3.63, 3.8) is 0 Å². The monoisotopic (exact) mass is 289 g/mol. The number of aromatic carboxylic acids is 1. The van der Waals surface area contributed by atoms with E-state index in [4.69, 9.17) is 5.11 Å². The van der Waals surface area contributed by atoms with Crippen LogP contribution in [-0.4, -0.2) is 47.2 Å². The number of amides is 2. The molecule has 1 aromatic rings. The molecule has 6 nitrogen and oxygen atoms in total. The van der Waals surface area contributed by atoms with Crippen LogP contribution in [0.15, 0.2) is 5.38 Å². The van der Waals surface area contributed by atoms with Gasteiger partial charge in [0.2, 0.25) is 0 Å². The predicted octanol–water partition coefficient (Wildman–Crippen LogP) is 1.05. The fourth-order valence-electron chi connectivity index (χ4n) is 1.14. The number of thiazole rings is 1. The number of urea groups is 1. The predicted molar refractivity (Wildman–Crippen MR) is 72.6 cm³/mol. The molecule has 1 rings (SSSR count). The summed E-state index contributed by atoms with van der Waals surface area (Å²) in [5, 5.41) is 16.3. The molecule has 2 amide bonds. The van der Waals surface area contributed by atoms with Crippen molar-refractivity contribution in [1.29, 1.82) is 0 Å². The molecule has 0 saturated carbocycles. The fraction of sp³-hybridized carbons (Fsp3) is 0.500. The lowest BCUT2D eigenvalue weighted by atomic mass is 10.4.